The van der Waals surface area contributed by atoms with Crippen LogP contribution in [0.5, 0.6) is 0 Å². The fraction of sp³-hybridized carbons (Fsp3) is 0.300. The Morgan fingerprint density at radius 2 is 1.50 bits per heavy atom. The summed E-state index contributed by atoms with van der Waals surface area (Å²) in [5.41, 5.74) is 2.27. The van der Waals surface area contributed by atoms with Crippen LogP contribution >= 0.6 is 0 Å². The summed E-state index contributed by atoms with van der Waals surface area (Å²) in [6.07, 6.45) is 1.14. The fourth-order valence-corrected chi connectivity index (χ4v) is 3.03. The molecule has 0 aromatic heterocycles. The highest BCUT2D eigenvalue weighted by Crippen LogP contribution is 2.41. The summed E-state index contributed by atoms with van der Waals surface area (Å²) in [6.45, 7) is 3.91. The minimum Gasteiger partial charge on any atom is -0.325 e. The van der Waals surface area contributed by atoms with Gasteiger partial charge in [0, 0.05) is 5.69 Å². The van der Waals surface area contributed by atoms with Crippen LogP contribution in [0, 0.1) is 30.4 Å². The zero-order chi connectivity index (χ0) is 18.8. The lowest BCUT2D eigenvalue weighted by Crippen LogP contribution is -2.22. The van der Waals surface area contributed by atoms with Gasteiger partial charge in [0.15, 0.2) is 0 Å². The maximum atomic E-state index is 13.6. The van der Waals surface area contributed by atoms with E-state index in [1.807, 2.05) is 32.0 Å². The quantitative estimate of drug-likeness (QED) is 0.847. The van der Waals surface area contributed by atoms with E-state index in [0.29, 0.717) is 6.42 Å². The maximum Gasteiger partial charge on any atom is 0.228 e. The van der Waals surface area contributed by atoms with Crippen LogP contribution in [0.15, 0.2) is 36.4 Å². The number of rotatable bonds is 5. The van der Waals surface area contributed by atoms with E-state index in [2.05, 4.69) is 10.6 Å². The van der Waals surface area contributed by atoms with Gasteiger partial charge >= 0.3 is 0 Å². The van der Waals surface area contributed by atoms with Gasteiger partial charge in [0.05, 0.1) is 11.8 Å². The van der Waals surface area contributed by atoms with E-state index in [1.54, 1.807) is 0 Å². The van der Waals surface area contributed by atoms with Crippen molar-refractivity contribution in [3.8, 4) is 0 Å². The minimum atomic E-state index is -0.840. The van der Waals surface area contributed by atoms with Crippen LogP contribution in [0.2, 0.25) is 0 Å². The second kappa shape index (κ2) is 7.23. The molecule has 0 aliphatic heterocycles. The number of carbonyl (C=O) groups is 2. The number of benzene rings is 2. The number of anilines is 2. The Morgan fingerprint density at radius 3 is 2.08 bits per heavy atom. The Labute approximate surface area is 150 Å². The molecule has 0 saturated heterocycles. The molecule has 0 radical (unpaired) electrons. The Bertz CT molecular complexity index is 847. The molecule has 1 saturated carbocycles. The molecule has 2 atom stereocenters. The highest BCUT2D eigenvalue weighted by atomic mass is 19.1. The highest BCUT2D eigenvalue weighted by molar-refractivity contribution is 6.03. The largest absolute Gasteiger partial charge is 0.325 e. The molecule has 4 nitrogen and oxygen atoms in total. The van der Waals surface area contributed by atoms with Crippen LogP contribution < -0.4 is 10.6 Å². The predicted molar refractivity (Wildman–Crippen MR) is 95.8 cm³/mol. The fourth-order valence-electron chi connectivity index (χ4n) is 3.03. The van der Waals surface area contributed by atoms with E-state index in [1.165, 1.54) is 6.07 Å². The number of para-hydroxylation sites is 2. The standard InChI is InChI=1S/C20H20F2N2O2/c1-3-12-7-4-6-11(2)17(12)23-19(25)13-10-14(13)20(26)24-18-15(21)8-5-9-16(18)22/h4-9,13-14H,3,10H2,1-2H3,(H,23,25)(H,24,26). The molecule has 2 unspecified atom stereocenters. The van der Waals surface area contributed by atoms with Crippen LogP contribution in [-0.4, -0.2) is 11.8 Å². The van der Waals surface area contributed by atoms with Gasteiger partial charge in [-0.05, 0) is 43.0 Å². The molecule has 136 valence electrons. The highest BCUT2D eigenvalue weighted by Gasteiger charge is 2.48. The van der Waals surface area contributed by atoms with Crippen molar-refractivity contribution in [3.05, 3.63) is 59.2 Å². The lowest BCUT2D eigenvalue weighted by molar-refractivity contribution is -0.122. The Hall–Kier alpha value is -2.76. The second-order valence-corrected chi connectivity index (χ2v) is 6.49. The van der Waals surface area contributed by atoms with Crippen molar-refractivity contribution in [3.63, 3.8) is 0 Å². The number of halogens is 2. The third-order valence-electron chi connectivity index (χ3n) is 4.66. The van der Waals surface area contributed by atoms with Crippen LogP contribution in [0.25, 0.3) is 0 Å². The minimum absolute atomic E-state index is 0.247. The zero-order valence-electron chi connectivity index (χ0n) is 14.6. The third-order valence-corrected chi connectivity index (χ3v) is 4.66. The first-order chi connectivity index (χ1) is 12.4. The average molecular weight is 358 g/mol. The van der Waals surface area contributed by atoms with Gasteiger partial charge in [-0.3, -0.25) is 9.59 Å². The smallest absolute Gasteiger partial charge is 0.228 e. The third kappa shape index (κ3) is 3.59. The molecule has 3 rings (SSSR count). The van der Waals surface area contributed by atoms with Crippen molar-refractivity contribution in [2.45, 2.75) is 26.7 Å². The van der Waals surface area contributed by atoms with E-state index < -0.39 is 35.1 Å². The molecule has 2 amide bonds. The Kier molecular flexibility index (Phi) is 5.02. The van der Waals surface area contributed by atoms with E-state index in [4.69, 9.17) is 0 Å². The van der Waals surface area contributed by atoms with Crippen molar-refractivity contribution in [1.29, 1.82) is 0 Å². The molecule has 1 fully saturated rings. The van der Waals surface area contributed by atoms with E-state index in [-0.39, 0.29) is 5.91 Å². The number of amides is 2. The summed E-state index contributed by atoms with van der Waals surface area (Å²) in [4.78, 5) is 24.7. The molecule has 26 heavy (non-hydrogen) atoms. The lowest BCUT2D eigenvalue weighted by Gasteiger charge is -2.13. The molecular weight excluding hydrogens is 338 g/mol. The normalized spacial score (nSPS) is 18.3. The molecule has 2 aromatic carbocycles. The molecule has 0 bridgehead atoms. The van der Waals surface area contributed by atoms with Gasteiger partial charge < -0.3 is 10.6 Å². The summed E-state index contributed by atoms with van der Waals surface area (Å²) >= 11 is 0. The van der Waals surface area contributed by atoms with Gasteiger partial charge in [0.25, 0.3) is 0 Å². The number of carbonyl (C=O) groups excluding carboxylic acids is 2. The molecule has 6 heteroatoms. The van der Waals surface area contributed by atoms with Crippen LogP contribution in [0.3, 0.4) is 0 Å². The van der Waals surface area contributed by atoms with E-state index in [9.17, 15) is 18.4 Å². The van der Waals surface area contributed by atoms with Crippen LogP contribution in [0.4, 0.5) is 20.2 Å². The molecular formula is C20H20F2N2O2. The molecule has 1 aliphatic carbocycles. The van der Waals surface area contributed by atoms with Gasteiger partial charge in [-0.1, -0.05) is 31.2 Å². The van der Waals surface area contributed by atoms with Crippen molar-refractivity contribution in [2.75, 3.05) is 10.6 Å². The van der Waals surface area contributed by atoms with E-state index in [0.717, 1.165) is 35.4 Å². The van der Waals surface area contributed by atoms with Crippen LogP contribution in [-0.2, 0) is 16.0 Å². The zero-order valence-corrected chi connectivity index (χ0v) is 14.6. The number of nitrogens with one attached hydrogen (secondary N) is 2. The SMILES string of the molecule is CCc1cccc(C)c1NC(=O)C1CC1C(=O)Nc1c(F)cccc1F. The number of hydrogen-bond donors (Lipinski definition) is 2. The average Bonchev–Trinajstić information content (AvgIpc) is 3.41. The molecule has 2 aromatic rings. The van der Waals surface area contributed by atoms with Gasteiger partial charge in [-0.25, -0.2) is 8.78 Å². The first kappa shape index (κ1) is 18.0. The van der Waals surface area contributed by atoms with Gasteiger partial charge in [-0.2, -0.15) is 0 Å². The summed E-state index contributed by atoms with van der Waals surface area (Å²) in [7, 11) is 0. The van der Waals surface area contributed by atoms with Crippen molar-refractivity contribution < 1.29 is 18.4 Å². The molecule has 1 aliphatic rings. The van der Waals surface area contributed by atoms with E-state index >= 15 is 0 Å². The lowest BCUT2D eigenvalue weighted by atomic mass is 10.1. The summed E-state index contributed by atoms with van der Waals surface area (Å²) in [5.74, 6) is -3.55. The summed E-state index contributed by atoms with van der Waals surface area (Å²) < 4.78 is 27.3. The number of hydrogen-bond acceptors (Lipinski definition) is 2. The van der Waals surface area contributed by atoms with Crippen molar-refractivity contribution in [1.82, 2.24) is 0 Å². The molecule has 0 spiro atoms. The van der Waals surface area contributed by atoms with Crippen molar-refractivity contribution >= 4 is 23.2 Å². The molecule has 0 heterocycles. The first-order valence-corrected chi connectivity index (χ1v) is 8.56. The van der Waals surface area contributed by atoms with Gasteiger partial charge in [0.1, 0.15) is 17.3 Å². The number of aryl methyl sites for hydroxylation is 2. The van der Waals surface area contributed by atoms with Gasteiger partial charge in [0.2, 0.25) is 11.8 Å². The Morgan fingerprint density at radius 1 is 0.962 bits per heavy atom. The van der Waals surface area contributed by atoms with Gasteiger partial charge in [-0.15, -0.1) is 0 Å². The second-order valence-electron chi connectivity index (χ2n) is 6.49. The summed E-state index contributed by atoms with van der Waals surface area (Å²) in [5, 5.41) is 5.15. The molecule has 2 N–H and O–H groups in total. The topological polar surface area (TPSA) is 58.2 Å². The first-order valence-electron chi connectivity index (χ1n) is 8.56. The summed E-state index contributed by atoms with van der Waals surface area (Å²) in [6, 6.07) is 9.15. The maximum absolute atomic E-state index is 13.6. The van der Waals surface area contributed by atoms with Crippen molar-refractivity contribution in [2.24, 2.45) is 11.8 Å². The van der Waals surface area contributed by atoms with Crippen LogP contribution in [0.1, 0.15) is 24.5 Å². The Balaban J connectivity index is 1.65. The predicted octanol–water partition coefficient (Wildman–Crippen LogP) is 4.05. The monoisotopic (exact) mass is 358 g/mol.